The number of rotatable bonds is 5. The van der Waals surface area contributed by atoms with Gasteiger partial charge in [0.15, 0.2) is 5.69 Å². The van der Waals surface area contributed by atoms with Crippen LogP contribution in [0.25, 0.3) is 0 Å². The molecule has 0 aliphatic carbocycles. The molecule has 1 aromatic carbocycles. The summed E-state index contributed by atoms with van der Waals surface area (Å²) in [7, 11) is 1.57. The summed E-state index contributed by atoms with van der Waals surface area (Å²) in [5.74, 6) is 0.579. The lowest BCUT2D eigenvalue weighted by molar-refractivity contribution is 0.0994. The Hall–Kier alpha value is -2.83. The molecule has 104 valence electrons. The van der Waals surface area contributed by atoms with Gasteiger partial charge in [0, 0.05) is 6.54 Å². The zero-order valence-electron chi connectivity index (χ0n) is 11.0. The summed E-state index contributed by atoms with van der Waals surface area (Å²) in [4.78, 5) is 10.9. The molecule has 0 spiro atoms. The average Bonchev–Trinajstić information content (AvgIpc) is 2.45. The summed E-state index contributed by atoms with van der Waals surface area (Å²) in [6.45, 7) is 0.527. The fraction of sp³-hybridized carbons (Fsp3) is 0.154. The first-order chi connectivity index (χ1) is 9.60. The number of nitrogens with one attached hydrogen (secondary N) is 1. The van der Waals surface area contributed by atoms with Gasteiger partial charge in [0.2, 0.25) is 0 Å². The fourth-order valence-electron chi connectivity index (χ4n) is 1.64. The van der Waals surface area contributed by atoms with Gasteiger partial charge >= 0.3 is 0 Å². The molecular weight excluding hydrogens is 258 g/mol. The Kier molecular flexibility index (Phi) is 3.99. The van der Waals surface area contributed by atoms with Crippen LogP contribution in [-0.2, 0) is 6.54 Å². The van der Waals surface area contributed by atoms with Gasteiger partial charge in [0.25, 0.3) is 5.91 Å². The Morgan fingerprint density at radius 1 is 1.30 bits per heavy atom. The highest BCUT2D eigenvalue weighted by Crippen LogP contribution is 2.22. The third-order valence-electron chi connectivity index (χ3n) is 2.68. The highest BCUT2D eigenvalue weighted by Gasteiger charge is 2.04. The molecule has 0 saturated carbocycles. The minimum atomic E-state index is -0.605. The number of methoxy groups -OCH3 is 1. The van der Waals surface area contributed by atoms with Gasteiger partial charge in [-0.3, -0.25) is 4.79 Å². The minimum Gasteiger partial charge on any atom is -0.495 e. The van der Waals surface area contributed by atoms with E-state index in [-0.39, 0.29) is 5.69 Å². The van der Waals surface area contributed by atoms with E-state index in [1.54, 1.807) is 19.2 Å². The number of nitrogen functional groups attached to an aromatic ring is 1. The Bertz CT molecular complexity index is 613. The Morgan fingerprint density at radius 3 is 2.65 bits per heavy atom. The lowest BCUT2D eigenvalue weighted by Gasteiger charge is -2.08. The van der Waals surface area contributed by atoms with E-state index in [2.05, 4.69) is 15.5 Å². The van der Waals surface area contributed by atoms with Crippen LogP contribution in [0.2, 0.25) is 0 Å². The van der Waals surface area contributed by atoms with E-state index in [0.29, 0.717) is 23.8 Å². The third kappa shape index (κ3) is 3.14. The molecule has 1 amide bonds. The van der Waals surface area contributed by atoms with Crippen LogP contribution in [0.1, 0.15) is 16.1 Å². The number of benzene rings is 1. The lowest BCUT2D eigenvalue weighted by Crippen LogP contribution is -2.14. The van der Waals surface area contributed by atoms with Crippen LogP contribution < -0.4 is 21.5 Å². The predicted molar refractivity (Wildman–Crippen MR) is 75.3 cm³/mol. The van der Waals surface area contributed by atoms with Gasteiger partial charge in [-0.2, -0.15) is 0 Å². The Morgan fingerprint density at radius 2 is 2.10 bits per heavy atom. The molecule has 1 aromatic heterocycles. The molecule has 7 heteroatoms. The van der Waals surface area contributed by atoms with Crippen molar-refractivity contribution in [1.29, 1.82) is 0 Å². The number of primary amides is 1. The van der Waals surface area contributed by atoms with Crippen LogP contribution >= 0.6 is 0 Å². The summed E-state index contributed by atoms with van der Waals surface area (Å²) >= 11 is 0. The van der Waals surface area contributed by atoms with E-state index in [1.807, 2.05) is 12.1 Å². The van der Waals surface area contributed by atoms with Gasteiger partial charge in [-0.1, -0.05) is 6.07 Å². The van der Waals surface area contributed by atoms with Crippen molar-refractivity contribution in [2.45, 2.75) is 6.54 Å². The standard InChI is InChI=1S/C13H15N5O2/c1-20-11-4-2-8(6-9(11)14)7-16-12-5-3-10(13(15)19)17-18-12/h2-6H,7,14H2,1H3,(H2,15,19)(H,16,18). The van der Waals surface area contributed by atoms with Crippen LogP contribution in [0.4, 0.5) is 11.5 Å². The summed E-state index contributed by atoms with van der Waals surface area (Å²) < 4.78 is 5.09. The number of anilines is 2. The Labute approximate surface area is 115 Å². The molecule has 5 N–H and O–H groups in total. The largest absolute Gasteiger partial charge is 0.495 e. The van der Waals surface area contributed by atoms with Crippen LogP contribution in [0.5, 0.6) is 5.75 Å². The topological polar surface area (TPSA) is 116 Å². The first kappa shape index (κ1) is 13.6. The van der Waals surface area contributed by atoms with Crippen molar-refractivity contribution in [3.8, 4) is 5.75 Å². The second kappa shape index (κ2) is 5.87. The van der Waals surface area contributed by atoms with Crippen LogP contribution in [0.3, 0.4) is 0 Å². The van der Waals surface area contributed by atoms with Crippen LogP contribution in [0.15, 0.2) is 30.3 Å². The molecule has 2 aromatic rings. The van der Waals surface area contributed by atoms with Crippen molar-refractivity contribution in [1.82, 2.24) is 10.2 Å². The molecule has 1 heterocycles. The first-order valence-corrected chi connectivity index (χ1v) is 5.90. The van der Waals surface area contributed by atoms with E-state index in [1.165, 1.54) is 6.07 Å². The van der Waals surface area contributed by atoms with Crippen molar-refractivity contribution < 1.29 is 9.53 Å². The van der Waals surface area contributed by atoms with E-state index in [0.717, 1.165) is 5.56 Å². The predicted octanol–water partition coefficient (Wildman–Crippen LogP) is 0.778. The molecule has 0 saturated heterocycles. The summed E-state index contributed by atoms with van der Waals surface area (Å²) in [5, 5.41) is 10.6. The number of aromatic nitrogens is 2. The summed E-state index contributed by atoms with van der Waals surface area (Å²) in [5.41, 5.74) is 12.6. The highest BCUT2D eigenvalue weighted by atomic mass is 16.5. The second-order valence-corrected chi connectivity index (χ2v) is 4.10. The average molecular weight is 273 g/mol. The highest BCUT2D eigenvalue weighted by molar-refractivity contribution is 5.90. The molecule has 0 radical (unpaired) electrons. The number of nitrogens with two attached hydrogens (primary N) is 2. The van der Waals surface area contributed by atoms with Crippen LogP contribution in [-0.4, -0.2) is 23.2 Å². The maximum atomic E-state index is 10.9. The molecular formula is C13H15N5O2. The van der Waals surface area contributed by atoms with Crippen molar-refractivity contribution in [3.63, 3.8) is 0 Å². The van der Waals surface area contributed by atoms with E-state index < -0.39 is 5.91 Å². The lowest BCUT2D eigenvalue weighted by atomic mass is 10.2. The third-order valence-corrected chi connectivity index (χ3v) is 2.68. The molecule has 0 aliphatic heterocycles. The van der Waals surface area contributed by atoms with Crippen molar-refractivity contribution in [2.75, 3.05) is 18.2 Å². The molecule has 0 unspecified atom stereocenters. The summed E-state index contributed by atoms with van der Waals surface area (Å²) in [6, 6.07) is 8.67. The van der Waals surface area contributed by atoms with Crippen molar-refractivity contribution in [2.24, 2.45) is 5.73 Å². The molecule has 0 atom stereocenters. The van der Waals surface area contributed by atoms with E-state index in [4.69, 9.17) is 16.2 Å². The van der Waals surface area contributed by atoms with Gasteiger partial charge in [-0.15, -0.1) is 10.2 Å². The van der Waals surface area contributed by atoms with Gasteiger partial charge in [-0.05, 0) is 29.8 Å². The van der Waals surface area contributed by atoms with Crippen molar-refractivity contribution in [3.05, 3.63) is 41.6 Å². The normalized spacial score (nSPS) is 10.1. The smallest absolute Gasteiger partial charge is 0.269 e. The quantitative estimate of drug-likeness (QED) is 0.693. The first-order valence-electron chi connectivity index (χ1n) is 5.90. The number of hydrogen-bond donors (Lipinski definition) is 3. The van der Waals surface area contributed by atoms with Crippen molar-refractivity contribution >= 4 is 17.4 Å². The monoisotopic (exact) mass is 273 g/mol. The molecule has 2 rings (SSSR count). The fourth-order valence-corrected chi connectivity index (χ4v) is 1.64. The van der Waals surface area contributed by atoms with Crippen LogP contribution in [0, 0.1) is 0 Å². The van der Waals surface area contributed by atoms with E-state index >= 15 is 0 Å². The van der Waals surface area contributed by atoms with Gasteiger partial charge < -0.3 is 21.5 Å². The number of amides is 1. The molecule has 7 nitrogen and oxygen atoms in total. The zero-order valence-corrected chi connectivity index (χ0v) is 11.0. The maximum absolute atomic E-state index is 10.9. The Balaban J connectivity index is 2.01. The number of ether oxygens (including phenoxy) is 1. The summed E-state index contributed by atoms with van der Waals surface area (Å²) in [6.07, 6.45) is 0. The zero-order chi connectivity index (χ0) is 14.5. The SMILES string of the molecule is COc1ccc(CNc2ccc(C(N)=O)nn2)cc1N. The molecule has 20 heavy (non-hydrogen) atoms. The second-order valence-electron chi connectivity index (χ2n) is 4.10. The van der Waals surface area contributed by atoms with Gasteiger partial charge in [0.1, 0.15) is 11.6 Å². The maximum Gasteiger partial charge on any atom is 0.269 e. The molecule has 0 aliphatic rings. The number of carbonyl (C=O) groups excluding carboxylic acids is 1. The molecule has 0 bridgehead atoms. The van der Waals surface area contributed by atoms with Gasteiger partial charge in [-0.25, -0.2) is 0 Å². The van der Waals surface area contributed by atoms with Gasteiger partial charge in [0.05, 0.1) is 12.8 Å². The molecule has 0 fully saturated rings. The minimum absolute atomic E-state index is 0.129. The van der Waals surface area contributed by atoms with E-state index in [9.17, 15) is 4.79 Å². The number of hydrogen-bond acceptors (Lipinski definition) is 6. The number of carbonyl (C=O) groups is 1. The number of nitrogens with zero attached hydrogens (tertiary/aromatic N) is 2.